The zero-order valence-corrected chi connectivity index (χ0v) is 14.7. The van der Waals surface area contributed by atoms with E-state index in [1.807, 2.05) is 0 Å². The van der Waals surface area contributed by atoms with Crippen LogP contribution in [0.1, 0.15) is 44.1 Å². The van der Waals surface area contributed by atoms with Crippen molar-refractivity contribution in [2.45, 2.75) is 50.7 Å². The summed E-state index contributed by atoms with van der Waals surface area (Å²) in [7, 11) is 0. The topological polar surface area (TPSA) is 75.7 Å². The molecule has 7 heteroatoms. The van der Waals surface area contributed by atoms with Gasteiger partial charge in [0.15, 0.2) is 0 Å². The van der Waals surface area contributed by atoms with Gasteiger partial charge in [-0.2, -0.15) is 0 Å². The standard InChI is InChI=1S/C18H21ClN2O4/c19-14-7-5-13(6-8-14)12-25-15(22)4-3-11-21-16(23)18(20-17(21)24)9-1-2-10-18/h5-8H,1-4,9-12H2,(H,20,24). The lowest BCUT2D eigenvalue weighted by atomic mass is 9.98. The quantitative estimate of drug-likeness (QED) is 0.621. The number of carbonyl (C=O) groups is 3. The van der Waals surface area contributed by atoms with Gasteiger partial charge >= 0.3 is 12.0 Å². The molecule has 1 aromatic carbocycles. The highest BCUT2D eigenvalue weighted by Gasteiger charge is 2.51. The van der Waals surface area contributed by atoms with Crippen LogP contribution >= 0.6 is 11.6 Å². The van der Waals surface area contributed by atoms with Crippen molar-refractivity contribution in [2.24, 2.45) is 0 Å². The van der Waals surface area contributed by atoms with E-state index in [-0.39, 0.29) is 37.5 Å². The summed E-state index contributed by atoms with van der Waals surface area (Å²) in [5.74, 6) is -0.498. The van der Waals surface area contributed by atoms with Gasteiger partial charge in [-0.1, -0.05) is 36.6 Å². The van der Waals surface area contributed by atoms with Crippen molar-refractivity contribution < 1.29 is 19.1 Å². The first-order chi connectivity index (χ1) is 12.0. The Hall–Kier alpha value is -2.08. The molecule has 1 saturated carbocycles. The maximum absolute atomic E-state index is 12.5. The highest BCUT2D eigenvalue weighted by atomic mass is 35.5. The van der Waals surface area contributed by atoms with E-state index in [0.717, 1.165) is 18.4 Å². The summed E-state index contributed by atoms with van der Waals surface area (Å²) >= 11 is 5.80. The molecule has 0 aromatic heterocycles. The summed E-state index contributed by atoms with van der Waals surface area (Å²) in [6.07, 6.45) is 3.88. The Morgan fingerprint density at radius 1 is 1.20 bits per heavy atom. The molecule has 1 heterocycles. The summed E-state index contributed by atoms with van der Waals surface area (Å²) in [6.45, 7) is 0.421. The molecule has 1 spiro atoms. The molecule has 0 radical (unpaired) electrons. The number of amides is 3. The molecule has 1 aliphatic heterocycles. The molecule has 1 aliphatic carbocycles. The molecular formula is C18H21ClN2O4. The molecule has 2 fully saturated rings. The van der Waals surface area contributed by atoms with Crippen LogP contribution in [0.25, 0.3) is 0 Å². The largest absolute Gasteiger partial charge is 0.461 e. The van der Waals surface area contributed by atoms with E-state index in [9.17, 15) is 14.4 Å². The van der Waals surface area contributed by atoms with Gasteiger partial charge in [0.2, 0.25) is 0 Å². The number of hydrogen-bond acceptors (Lipinski definition) is 4. The van der Waals surface area contributed by atoms with Gasteiger partial charge in [0.1, 0.15) is 12.1 Å². The first-order valence-electron chi connectivity index (χ1n) is 8.54. The van der Waals surface area contributed by atoms with E-state index in [2.05, 4.69) is 5.32 Å². The number of halogens is 1. The predicted octanol–water partition coefficient (Wildman–Crippen LogP) is 3.03. The van der Waals surface area contributed by atoms with E-state index in [0.29, 0.717) is 24.3 Å². The fourth-order valence-corrected chi connectivity index (χ4v) is 3.52. The Labute approximate surface area is 151 Å². The van der Waals surface area contributed by atoms with Gasteiger partial charge in [-0.15, -0.1) is 0 Å². The highest BCUT2D eigenvalue weighted by Crippen LogP contribution is 2.35. The molecule has 134 valence electrons. The first kappa shape index (κ1) is 17.7. The van der Waals surface area contributed by atoms with Crippen LogP contribution in [0.5, 0.6) is 0 Å². The van der Waals surface area contributed by atoms with Crippen molar-refractivity contribution in [2.75, 3.05) is 6.54 Å². The Balaban J connectivity index is 1.41. The van der Waals surface area contributed by atoms with E-state index in [1.165, 1.54) is 4.90 Å². The minimum atomic E-state index is -0.688. The van der Waals surface area contributed by atoms with Crippen LogP contribution in [0.3, 0.4) is 0 Å². The number of imide groups is 1. The minimum Gasteiger partial charge on any atom is -0.461 e. The molecule has 1 aromatic rings. The van der Waals surface area contributed by atoms with Crippen molar-refractivity contribution in [1.29, 1.82) is 0 Å². The molecule has 0 atom stereocenters. The van der Waals surface area contributed by atoms with Crippen LogP contribution in [0.4, 0.5) is 4.79 Å². The lowest BCUT2D eigenvalue weighted by Crippen LogP contribution is -2.44. The normalized spacial score (nSPS) is 18.7. The number of nitrogens with zero attached hydrogens (tertiary/aromatic N) is 1. The third-order valence-corrected chi connectivity index (χ3v) is 5.03. The molecule has 2 aliphatic rings. The second-order valence-corrected chi connectivity index (χ2v) is 7.00. The Bertz CT molecular complexity index is 668. The summed E-state index contributed by atoms with van der Waals surface area (Å²) in [6, 6.07) is 6.72. The predicted molar refractivity (Wildman–Crippen MR) is 91.9 cm³/mol. The molecule has 3 amide bonds. The molecule has 0 unspecified atom stereocenters. The lowest BCUT2D eigenvalue weighted by molar-refractivity contribution is -0.145. The van der Waals surface area contributed by atoms with Crippen LogP contribution in [0.2, 0.25) is 5.02 Å². The van der Waals surface area contributed by atoms with E-state index in [4.69, 9.17) is 16.3 Å². The fourth-order valence-electron chi connectivity index (χ4n) is 3.39. The average molecular weight is 365 g/mol. The van der Waals surface area contributed by atoms with Crippen molar-refractivity contribution in [3.8, 4) is 0 Å². The average Bonchev–Trinajstić information content (AvgIpc) is 3.15. The van der Waals surface area contributed by atoms with Crippen molar-refractivity contribution in [3.05, 3.63) is 34.9 Å². The number of nitrogens with one attached hydrogen (secondary N) is 1. The molecule has 6 nitrogen and oxygen atoms in total. The summed E-state index contributed by atoms with van der Waals surface area (Å²) < 4.78 is 5.19. The number of rotatable bonds is 6. The molecule has 25 heavy (non-hydrogen) atoms. The first-order valence-corrected chi connectivity index (χ1v) is 8.92. The number of esters is 1. The Morgan fingerprint density at radius 2 is 1.88 bits per heavy atom. The monoisotopic (exact) mass is 364 g/mol. The van der Waals surface area contributed by atoms with Crippen LogP contribution in [0.15, 0.2) is 24.3 Å². The Morgan fingerprint density at radius 3 is 2.56 bits per heavy atom. The van der Waals surface area contributed by atoms with Gasteiger partial charge in [-0.25, -0.2) is 4.79 Å². The lowest BCUT2D eigenvalue weighted by Gasteiger charge is -2.19. The third kappa shape index (κ3) is 3.95. The molecule has 3 rings (SSSR count). The van der Waals surface area contributed by atoms with Crippen LogP contribution < -0.4 is 5.32 Å². The van der Waals surface area contributed by atoms with Crippen molar-refractivity contribution >= 4 is 29.5 Å². The van der Waals surface area contributed by atoms with E-state index < -0.39 is 5.54 Å². The fraction of sp³-hybridized carbons (Fsp3) is 0.500. The zero-order chi connectivity index (χ0) is 17.9. The minimum absolute atomic E-state index is 0.149. The van der Waals surface area contributed by atoms with Crippen LogP contribution in [0, 0.1) is 0 Å². The second kappa shape index (κ2) is 7.44. The molecular weight excluding hydrogens is 344 g/mol. The maximum Gasteiger partial charge on any atom is 0.325 e. The number of ether oxygens (including phenoxy) is 1. The Kier molecular flexibility index (Phi) is 5.27. The van der Waals surface area contributed by atoms with Gasteiger partial charge in [-0.3, -0.25) is 14.5 Å². The van der Waals surface area contributed by atoms with Crippen LogP contribution in [-0.4, -0.2) is 34.9 Å². The highest BCUT2D eigenvalue weighted by molar-refractivity contribution is 6.30. The van der Waals surface area contributed by atoms with Crippen molar-refractivity contribution in [3.63, 3.8) is 0 Å². The van der Waals surface area contributed by atoms with Gasteiger partial charge in [0.05, 0.1) is 0 Å². The van der Waals surface area contributed by atoms with Crippen LogP contribution in [-0.2, 0) is 20.9 Å². The number of carbonyl (C=O) groups excluding carboxylic acids is 3. The molecule has 1 saturated heterocycles. The smallest absolute Gasteiger partial charge is 0.325 e. The van der Waals surface area contributed by atoms with E-state index in [1.54, 1.807) is 24.3 Å². The number of urea groups is 1. The van der Waals surface area contributed by atoms with Gasteiger partial charge in [0.25, 0.3) is 5.91 Å². The maximum atomic E-state index is 12.5. The zero-order valence-electron chi connectivity index (χ0n) is 13.9. The molecule has 0 bridgehead atoms. The van der Waals surface area contributed by atoms with E-state index >= 15 is 0 Å². The number of benzene rings is 1. The van der Waals surface area contributed by atoms with Gasteiger partial charge < -0.3 is 10.1 Å². The number of hydrogen-bond donors (Lipinski definition) is 1. The van der Waals surface area contributed by atoms with Gasteiger partial charge in [-0.05, 0) is 37.0 Å². The third-order valence-electron chi connectivity index (χ3n) is 4.78. The summed E-state index contributed by atoms with van der Waals surface area (Å²) in [5, 5.41) is 3.46. The van der Waals surface area contributed by atoms with Gasteiger partial charge in [0, 0.05) is 18.0 Å². The van der Waals surface area contributed by atoms with Crippen molar-refractivity contribution in [1.82, 2.24) is 10.2 Å². The second-order valence-electron chi connectivity index (χ2n) is 6.57. The SMILES string of the molecule is O=C(CCCN1C(=O)NC2(CCCC2)C1=O)OCc1ccc(Cl)cc1. The summed E-state index contributed by atoms with van der Waals surface area (Å²) in [5.41, 5.74) is 0.168. The molecule has 1 N–H and O–H groups in total. The summed E-state index contributed by atoms with van der Waals surface area (Å²) in [4.78, 5) is 37.5.